The second-order valence-corrected chi connectivity index (χ2v) is 4.88. The Morgan fingerprint density at radius 2 is 1.81 bits per heavy atom. The van der Waals surface area contributed by atoms with E-state index < -0.39 is 0 Å². The summed E-state index contributed by atoms with van der Waals surface area (Å²) < 4.78 is 13.0. The van der Waals surface area contributed by atoms with Crippen LogP contribution >= 0.6 is 11.9 Å². The monoisotopic (exact) mass is 301 g/mol. The molecule has 2 aromatic carbocycles. The SMILES string of the molecule is NS/C=N/N=C(\CCc1ccccc1)c1ccc(F)cc1. The third-order valence-electron chi connectivity index (χ3n) is 2.96. The van der Waals surface area contributed by atoms with E-state index in [-0.39, 0.29) is 5.82 Å². The molecule has 0 bridgehead atoms. The molecular formula is C16H16FN3S. The summed E-state index contributed by atoms with van der Waals surface area (Å²) in [6.07, 6.45) is 1.57. The first-order chi connectivity index (χ1) is 10.3. The van der Waals surface area contributed by atoms with Crippen LogP contribution in [0.5, 0.6) is 0 Å². The number of aryl methyl sites for hydroxylation is 1. The molecule has 0 heterocycles. The highest BCUT2D eigenvalue weighted by molar-refractivity contribution is 8.10. The third-order valence-corrected chi connectivity index (χ3v) is 3.17. The maximum absolute atomic E-state index is 13.0. The summed E-state index contributed by atoms with van der Waals surface area (Å²) in [5, 5.41) is 13.4. The Bertz CT molecular complexity index is 609. The summed E-state index contributed by atoms with van der Waals surface area (Å²) in [4.78, 5) is 0. The van der Waals surface area contributed by atoms with Crippen LogP contribution in [0.25, 0.3) is 0 Å². The minimum Gasteiger partial charge on any atom is -0.273 e. The van der Waals surface area contributed by atoms with Crippen molar-refractivity contribution >= 4 is 23.2 Å². The molecule has 0 radical (unpaired) electrons. The number of nitrogens with two attached hydrogens (primary N) is 1. The summed E-state index contributed by atoms with van der Waals surface area (Å²) >= 11 is 0.997. The van der Waals surface area contributed by atoms with Gasteiger partial charge in [-0.3, -0.25) is 5.14 Å². The van der Waals surface area contributed by atoms with Crippen LogP contribution in [0.2, 0.25) is 0 Å². The molecule has 0 amide bonds. The van der Waals surface area contributed by atoms with Gasteiger partial charge in [-0.1, -0.05) is 42.5 Å². The molecule has 5 heteroatoms. The number of benzene rings is 2. The molecule has 0 aromatic heterocycles. The van der Waals surface area contributed by atoms with Gasteiger partial charge in [-0.2, -0.15) is 10.2 Å². The van der Waals surface area contributed by atoms with E-state index >= 15 is 0 Å². The van der Waals surface area contributed by atoms with E-state index in [4.69, 9.17) is 5.14 Å². The fraction of sp³-hybridized carbons (Fsp3) is 0.125. The van der Waals surface area contributed by atoms with Gasteiger partial charge in [0.1, 0.15) is 5.82 Å². The van der Waals surface area contributed by atoms with Crippen molar-refractivity contribution in [3.05, 3.63) is 71.5 Å². The topological polar surface area (TPSA) is 50.7 Å². The van der Waals surface area contributed by atoms with E-state index in [9.17, 15) is 4.39 Å². The fourth-order valence-corrected chi connectivity index (χ4v) is 2.02. The van der Waals surface area contributed by atoms with Crippen LogP contribution in [0.3, 0.4) is 0 Å². The molecule has 0 aliphatic rings. The van der Waals surface area contributed by atoms with Crippen molar-refractivity contribution in [2.45, 2.75) is 12.8 Å². The molecule has 0 saturated carbocycles. The molecule has 0 saturated heterocycles. The molecule has 0 atom stereocenters. The van der Waals surface area contributed by atoms with Gasteiger partial charge in [-0.05, 0) is 48.0 Å². The van der Waals surface area contributed by atoms with Gasteiger partial charge in [0.05, 0.1) is 11.3 Å². The normalized spacial score (nSPS) is 12.0. The number of halogens is 1. The van der Waals surface area contributed by atoms with Gasteiger partial charge in [0, 0.05) is 0 Å². The van der Waals surface area contributed by atoms with Crippen LogP contribution in [0.15, 0.2) is 64.8 Å². The Labute approximate surface area is 127 Å². The standard InChI is InChI=1S/C16H16FN3S/c17-15-9-7-14(8-10-15)16(20-19-12-21-18)11-6-13-4-2-1-3-5-13/h1-5,7-10,12H,6,11,18H2/b19-12+,20-16+. The van der Waals surface area contributed by atoms with Crippen molar-refractivity contribution < 1.29 is 4.39 Å². The Morgan fingerprint density at radius 3 is 2.48 bits per heavy atom. The molecule has 108 valence electrons. The van der Waals surface area contributed by atoms with Gasteiger partial charge < -0.3 is 0 Å². The van der Waals surface area contributed by atoms with E-state index in [1.54, 1.807) is 12.1 Å². The van der Waals surface area contributed by atoms with Crippen molar-refractivity contribution in [2.75, 3.05) is 0 Å². The summed E-state index contributed by atoms with van der Waals surface area (Å²) in [5.41, 5.74) is 4.37. The van der Waals surface area contributed by atoms with Gasteiger partial charge >= 0.3 is 0 Å². The van der Waals surface area contributed by atoms with Crippen molar-refractivity contribution in [2.24, 2.45) is 15.3 Å². The van der Waals surface area contributed by atoms with Crippen molar-refractivity contribution in [1.82, 2.24) is 0 Å². The van der Waals surface area contributed by atoms with Crippen molar-refractivity contribution in [3.8, 4) is 0 Å². The smallest absolute Gasteiger partial charge is 0.123 e. The van der Waals surface area contributed by atoms with Crippen LogP contribution in [0, 0.1) is 5.82 Å². The largest absolute Gasteiger partial charge is 0.273 e. The van der Waals surface area contributed by atoms with Crippen LogP contribution in [0.4, 0.5) is 4.39 Å². The van der Waals surface area contributed by atoms with E-state index in [1.165, 1.54) is 23.2 Å². The van der Waals surface area contributed by atoms with E-state index in [0.717, 1.165) is 36.1 Å². The minimum atomic E-state index is -0.262. The maximum Gasteiger partial charge on any atom is 0.123 e. The molecule has 0 aliphatic carbocycles. The maximum atomic E-state index is 13.0. The zero-order valence-electron chi connectivity index (χ0n) is 11.4. The van der Waals surface area contributed by atoms with Crippen LogP contribution in [0.1, 0.15) is 17.5 Å². The summed E-state index contributed by atoms with van der Waals surface area (Å²) in [6.45, 7) is 0. The highest BCUT2D eigenvalue weighted by atomic mass is 32.2. The first-order valence-corrected chi connectivity index (χ1v) is 7.47. The minimum absolute atomic E-state index is 0.262. The molecule has 0 unspecified atom stereocenters. The predicted molar refractivity (Wildman–Crippen MR) is 88.0 cm³/mol. The predicted octanol–water partition coefficient (Wildman–Crippen LogP) is 3.80. The number of nitrogens with zero attached hydrogens (tertiary/aromatic N) is 2. The second-order valence-electron chi connectivity index (χ2n) is 4.40. The molecule has 0 aliphatic heterocycles. The Balaban J connectivity index is 2.14. The molecular weight excluding hydrogens is 285 g/mol. The highest BCUT2D eigenvalue weighted by Gasteiger charge is 2.05. The Kier molecular flexibility index (Phi) is 6.12. The Hall–Kier alpha value is -1.98. The summed E-state index contributed by atoms with van der Waals surface area (Å²) in [7, 11) is 0. The molecule has 0 spiro atoms. The number of hydrogen-bond acceptors (Lipinski definition) is 4. The zero-order chi connectivity index (χ0) is 14.9. The van der Waals surface area contributed by atoms with E-state index in [1.807, 2.05) is 18.2 Å². The van der Waals surface area contributed by atoms with Crippen LogP contribution in [-0.2, 0) is 6.42 Å². The summed E-state index contributed by atoms with van der Waals surface area (Å²) in [5.74, 6) is -0.262. The lowest BCUT2D eigenvalue weighted by molar-refractivity contribution is 0.627. The van der Waals surface area contributed by atoms with Gasteiger partial charge in [-0.15, -0.1) is 0 Å². The van der Waals surface area contributed by atoms with Gasteiger partial charge in [0.25, 0.3) is 0 Å². The average Bonchev–Trinajstić information content (AvgIpc) is 2.53. The lowest BCUT2D eigenvalue weighted by Gasteiger charge is -2.05. The summed E-state index contributed by atoms with van der Waals surface area (Å²) in [6, 6.07) is 16.4. The third kappa shape index (κ3) is 5.13. The molecule has 2 N–H and O–H groups in total. The fourth-order valence-electron chi connectivity index (χ4n) is 1.92. The van der Waals surface area contributed by atoms with Gasteiger partial charge in [0.2, 0.25) is 0 Å². The van der Waals surface area contributed by atoms with Crippen molar-refractivity contribution in [1.29, 1.82) is 0 Å². The average molecular weight is 301 g/mol. The number of hydrogen-bond donors (Lipinski definition) is 1. The van der Waals surface area contributed by atoms with Gasteiger partial charge in [-0.25, -0.2) is 4.39 Å². The molecule has 2 aromatic rings. The molecule has 21 heavy (non-hydrogen) atoms. The Morgan fingerprint density at radius 1 is 1.10 bits per heavy atom. The second kappa shape index (κ2) is 8.34. The highest BCUT2D eigenvalue weighted by Crippen LogP contribution is 2.11. The number of rotatable bonds is 6. The zero-order valence-corrected chi connectivity index (χ0v) is 12.3. The lowest BCUT2D eigenvalue weighted by atomic mass is 10.0. The molecule has 0 fully saturated rings. The van der Waals surface area contributed by atoms with Crippen molar-refractivity contribution in [3.63, 3.8) is 0 Å². The molecule has 3 nitrogen and oxygen atoms in total. The van der Waals surface area contributed by atoms with E-state index in [2.05, 4.69) is 22.3 Å². The first-order valence-electron chi connectivity index (χ1n) is 6.53. The molecule has 2 rings (SSSR count). The lowest BCUT2D eigenvalue weighted by Crippen LogP contribution is -2.03. The first kappa shape index (κ1) is 15.4. The quantitative estimate of drug-likeness (QED) is 0.382. The van der Waals surface area contributed by atoms with E-state index in [0.29, 0.717) is 0 Å². The van der Waals surface area contributed by atoms with Crippen LogP contribution < -0.4 is 5.14 Å². The van der Waals surface area contributed by atoms with Gasteiger partial charge in [0.15, 0.2) is 0 Å². The van der Waals surface area contributed by atoms with Crippen LogP contribution in [-0.4, -0.2) is 11.3 Å².